The molecule has 0 bridgehead atoms. The standard InChI is InChI=1S/2C17H11.C6H10.2ClH.Zr/c2*1-2-6-15-12(4-1)8-10-14-11-9-13-5-3-7-16(13)17(14)15;1-2-4-6-5-3-1;;;/h2*1-4,6,8-11H,7H2;1-5H2;2*1H;/q;;;;;+2/p-2. The first-order valence-corrected chi connectivity index (χ1v) is 19.0. The second-order valence-electron chi connectivity index (χ2n) is 12.1. The Morgan fingerprint density at radius 2 is 0.884 bits per heavy atom. The predicted molar refractivity (Wildman–Crippen MR) is 174 cm³/mol. The molecule has 0 atom stereocenters. The van der Waals surface area contributed by atoms with E-state index in [4.69, 9.17) is 0 Å². The van der Waals surface area contributed by atoms with Gasteiger partial charge in [0.25, 0.3) is 0 Å². The number of fused-ring (bicyclic) bond motifs is 10. The van der Waals surface area contributed by atoms with Crippen LogP contribution in [0.5, 0.6) is 0 Å². The van der Waals surface area contributed by atoms with E-state index in [2.05, 4.69) is 109 Å². The molecule has 43 heavy (non-hydrogen) atoms. The maximum absolute atomic E-state index is 2.68. The molecule has 0 nitrogen and oxygen atoms in total. The number of rotatable bonds is 2. The van der Waals surface area contributed by atoms with Gasteiger partial charge in [-0.2, -0.15) is 0 Å². The van der Waals surface area contributed by atoms with Gasteiger partial charge >= 0.3 is 251 Å². The fraction of sp³-hybridized carbons (Fsp3) is 0.175. The predicted octanol–water partition coefficient (Wildman–Crippen LogP) is 4.56. The van der Waals surface area contributed by atoms with E-state index in [9.17, 15) is 0 Å². The van der Waals surface area contributed by atoms with E-state index in [-0.39, 0.29) is 24.8 Å². The van der Waals surface area contributed by atoms with Gasteiger partial charge in [-0.1, -0.05) is 0 Å². The monoisotopic (exact) mass is 672 g/mol. The number of benzene rings is 6. The molecule has 3 heteroatoms. The van der Waals surface area contributed by atoms with Crippen molar-refractivity contribution in [1.29, 1.82) is 0 Å². The molecule has 3 aliphatic carbocycles. The van der Waals surface area contributed by atoms with Crippen LogP contribution in [0, 0.1) is 0 Å². The molecule has 1 fully saturated rings. The smallest absolute Gasteiger partial charge is 1.00 e. The number of hydrogen-bond donors (Lipinski definition) is 0. The van der Waals surface area contributed by atoms with Crippen LogP contribution in [0.25, 0.3) is 49.7 Å². The quantitative estimate of drug-likeness (QED) is 0.237. The summed E-state index contributed by atoms with van der Waals surface area (Å²) in [5, 5.41) is 11.3. The van der Waals surface area contributed by atoms with Gasteiger partial charge in [-0.25, -0.2) is 0 Å². The Bertz CT molecular complexity index is 2030. The first-order chi connectivity index (χ1) is 20.3. The molecular formula is C40H32Cl2Zr. The minimum atomic E-state index is -2.34. The summed E-state index contributed by atoms with van der Waals surface area (Å²) in [4.78, 5) is 0. The molecule has 0 radical (unpaired) electrons. The molecule has 0 saturated heterocycles. The van der Waals surface area contributed by atoms with E-state index < -0.39 is 21.3 Å². The number of halogens is 2. The zero-order chi connectivity index (χ0) is 26.9. The average molecular weight is 675 g/mol. The molecule has 0 aliphatic heterocycles. The van der Waals surface area contributed by atoms with Crippen molar-refractivity contribution in [2.75, 3.05) is 0 Å². The first kappa shape index (κ1) is 28.9. The van der Waals surface area contributed by atoms with Gasteiger partial charge < -0.3 is 24.8 Å². The molecule has 0 unspecified atom stereocenters. The summed E-state index contributed by atoms with van der Waals surface area (Å²) < 4.78 is 5.46. The van der Waals surface area contributed by atoms with Crippen LogP contribution in [0.2, 0.25) is 0 Å². The van der Waals surface area contributed by atoms with E-state index in [1.807, 2.05) is 3.21 Å². The van der Waals surface area contributed by atoms with Crippen LogP contribution >= 0.6 is 0 Å². The number of allylic oxidation sites excluding steroid dienone is 2. The van der Waals surface area contributed by atoms with Crippen molar-refractivity contribution in [2.45, 2.75) is 44.9 Å². The van der Waals surface area contributed by atoms with Crippen molar-refractivity contribution in [2.24, 2.45) is 0 Å². The van der Waals surface area contributed by atoms with Crippen LogP contribution in [0.1, 0.15) is 54.4 Å². The van der Waals surface area contributed by atoms with E-state index >= 15 is 0 Å². The molecule has 9 rings (SSSR count). The molecule has 210 valence electrons. The van der Waals surface area contributed by atoms with Gasteiger partial charge in [0.15, 0.2) is 0 Å². The second-order valence-corrected chi connectivity index (χ2v) is 18.4. The summed E-state index contributed by atoms with van der Waals surface area (Å²) in [6.45, 7) is 0. The van der Waals surface area contributed by atoms with Crippen molar-refractivity contribution in [3.63, 3.8) is 0 Å². The van der Waals surface area contributed by atoms with E-state index in [1.54, 1.807) is 28.8 Å². The Kier molecular flexibility index (Phi) is 7.80. The van der Waals surface area contributed by atoms with Gasteiger partial charge in [0, 0.05) is 0 Å². The van der Waals surface area contributed by atoms with Crippen LogP contribution in [-0.2, 0) is 34.1 Å². The Morgan fingerprint density at radius 1 is 0.442 bits per heavy atom. The van der Waals surface area contributed by atoms with E-state index in [0.29, 0.717) is 0 Å². The molecule has 0 spiro atoms. The van der Waals surface area contributed by atoms with Gasteiger partial charge in [-0.3, -0.25) is 0 Å². The summed E-state index contributed by atoms with van der Waals surface area (Å²) in [5.74, 6) is 0. The third-order valence-electron chi connectivity index (χ3n) is 9.99. The number of hydrogen-bond acceptors (Lipinski definition) is 0. The fourth-order valence-electron chi connectivity index (χ4n) is 8.13. The topological polar surface area (TPSA) is 0 Å². The van der Waals surface area contributed by atoms with Gasteiger partial charge in [0.1, 0.15) is 0 Å². The fourth-order valence-corrected chi connectivity index (χ4v) is 16.8. The van der Waals surface area contributed by atoms with Crippen molar-refractivity contribution in [3.8, 4) is 0 Å². The van der Waals surface area contributed by atoms with Crippen LogP contribution < -0.4 is 24.8 Å². The van der Waals surface area contributed by atoms with Gasteiger partial charge in [0.2, 0.25) is 0 Å². The Labute approximate surface area is 273 Å². The second kappa shape index (κ2) is 11.6. The first-order valence-electron chi connectivity index (χ1n) is 15.4. The maximum Gasteiger partial charge on any atom is -1.00 e. The molecule has 0 heterocycles. The Morgan fingerprint density at radius 3 is 1.40 bits per heavy atom. The Balaban J connectivity index is 0.00000150. The molecule has 6 aromatic rings. The van der Waals surface area contributed by atoms with Crippen LogP contribution in [-0.4, -0.2) is 3.21 Å². The largest absolute Gasteiger partial charge is 1.00 e. The maximum atomic E-state index is 2.68. The third-order valence-corrected chi connectivity index (χ3v) is 17.9. The molecule has 6 aromatic carbocycles. The molecule has 0 N–H and O–H groups in total. The SMILES string of the molecule is C1=[C]([Zr+2]([C]2=CCc3c2ccc2ccc4ccccc4c32)=[C]2CCCCC2)c2ccc3ccc4ccccc4c3c2C1.[Cl-].[Cl-]. The van der Waals surface area contributed by atoms with Crippen molar-refractivity contribution >= 4 is 52.9 Å². The molecular weight excluding hydrogens is 643 g/mol. The summed E-state index contributed by atoms with van der Waals surface area (Å²) >= 11 is -2.34. The third kappa shape index (κ3) is 4.54. The van der Waals surface area contributed by atoms with Crippen LogP contribution in [0.4, 0.5) is 0 Å². The molecule has 0 amide bonds. The summed E-state index contributed by atoms with van der Waals surface area (Å²) in [6.07, 6.45) is 14.4. The normalized spacial score (nSPS) is 15.4. The van der Waals surface area contributed by atoms with Gasteiger partial charge in [0.05, 0.1) is 0 Å². The zero-order valence-corrected chi connectivity index (χ0v) is 28.1. The molecule has 1 saturated carbocycles. The average Bonchev–Trinajstić information content (AvgIpc) is 3.66. The minimum Gasteiger partial charge on any atom is -1.00 e. The van der Waals surface area contributed by atoms with Gasteiger partial charge in [-0.05, 0) is 0 Å². The van der Waals surface area contributed by atoms with E-state index in [0.717, 1.165) is 12.8 Å². The Hall–Kier alpha value is -2.83. The van der Waals surface area contributed by atoms with E-state index in [1.165, 1.54) is 75.2 Å². The minimum absolute atomic E-state index is 0. The summed E-state index contributed by atoms with van der Waals surface area (Å²) in [6, 6.07) is 37.0. The molecule has 3 aliphatic rings. The molecule has 0 aromatic heterocycles. The summed E-state index contributed by atoms with van der Waals surface area (Å²) in [7, 11) is 0. The van der Waals surface area contributed by atoms with Crippen LogP contribution in [0.15, 0.2) is 109 Å². The van der Waals surface area contributed by atoms with Crippen molar-refractivity contribution < 1.29 is 46.1 Å². The van der Waals surface area contributed by atoms with Gasteiger partial charge in [-0.15, -0.1) is 0 Å². The summed E-state index contributed by atoms with van der Waals surface area (Å²) in [5.41, 5.74) is 6.29. The van der Waals surface area contributed by atoms with Crippen molar-refractivity contribution in [3.05, 3.63) is 131 Å². The zero-order valence-electron chi connectivity index (χ0n) is 24.1. The van der Waals surface area contributed by atoms with Crippen LogP contribution in [0.3, 0.4) is 0 Å². The van der Waals surface area contributed by atoms with Crippen molar-refractivity contribution in [1.82, 2.24) is 0 Å².